The van der Waals surface area contributed by atoms with Crippen LogP contribution in [-0.2, 0) is 6.18 Å². The van der Waals surface area contributed by atoms with Crippen LogP contribution >= 0.6 is 0 Å². The molecule has 0 aliphatic carbocycles. The smallest absolute Gasteiger partial charge is 0.294 e. The van der Waals surface area contributed by atoms with Crippen molar-refractivity contribution in [2.75, 3.05) is 0 Å². The fourth-order valence-electron chi connectivity index (χ4n) is 1.42. The Morgan fingerprint density at radius 2 is 2.11 bits per heavy atom. The van der Waals surface area contributed by atoms with E-state index in [4.69, 9.17) is 0 Å². The lowest BCUT2D eigenvalue weighted by molar-refractivity contribution is -0.137. The summed E-state index contributed by atoms with van der Waals surface area (Å²) in [4.78, 5) is 14.7. The number of carbonyl (C=O) groups is 1. The van der Waals surface area contributed by atoms with Gasteiger partial charge in [0.2, 0.25) is 0 Å². The first-order valence-corrected chi connectivity index (χ1v) is 4.98. The third-order valence-corrected chi connectivity index (χ3v) is 2.30. The Bertz CT molecular complexity index is 589. The highest BCUT2D eigenvalue weighted by molar-refractivity contribution is 5.93. The average molecular weight is 255 g/mol. The first-order valence-electron chi connectivity index (χ1n) is 4.98. The lowest BCUT2D eigenvalue weighted by Gasteiger charge is -2.10. The van der Waals surface area contributed by atoms with Gasteiger partial charge in [-0.2, -0.15) is 18.3 Å². The van der Waals surface area contributed by atoms with Gasteiger partial charge >= 0.3 is 6.18 Å². The number of carbonyl (C=O) groups excluding carboxylic acids is 1. The van der Waals surface area contributed by atoms with Gasteiger partial charge in [0, 0.05) is 12.4 Å². The molecule has 2 aromatic rings. The molecule has 18 heavy (non-hydrogen) atoms. The molecule has 2 heterocycles. The highest BCUT2D eigenvalue weighted by Gasteiger charge is 2.34. The van der Waals surface area contributed by atoms with Gasteiger partial charge in [-0.3, -0.25) is 4.79 Å². The monoisotopic (exact) mass is 255 g/mol. The van der Waals surface area contributed by atoms with Crippen LogP contribution in [0.15, 0.2) is 30.7 Å². The number of pyridine rings is 1. The minimum Gasteiger partial charge on any atom is -0.294 e. The van der Waals surface area contributed by atoms with Gasteiger partial charge in [-0.1, -0.05) is 0 Å². The fraction of sp³-hybridized carbons (Fsp3) is 0.182. The molecule has 0 fully saturated rings. The number of nitrogens with zero attached hydrogens (tertiary/aromatic N) is 3. The Kier molecular flexibility index (Phi) is 2.90. The quantitative estimate of drug-likeness (QED) is 0.774. The third kappa shape index (κ3) is 2.24. The van der Waals surface area contributed by atoms with E-state index in [-0.39, 0.29) is 17.2 Å². The Hall–Kier alpha value is -2.18. The molecule has 0 saturated heterocycles. The maximum absolute atomic E-state index is 12.8. The third-order valence-electron chi connectivity index (χ3n) is 2.30. The topological polar surface area (TPSA) is 47.8 Å². The van der Waals surface area contributed by atoms with Crippen molar-refractivity contribution in [3.05, 3.63) is 41.9 Å². The summed E-state index contributed by atoms with van der Waals surface area (Å²) >= 11 is 0. The van der Waals surface area contributed by atoms with E-state index < -0.39 is 11.7 Å². The molecule has 0 aromatic carbocycles. The first kappa shape index (κ1) is 12.3. The van der Waals surface area contributed by atoms with Crippen molar-refractivity contribution in [1.29, 1.82) is 0 Å². The Morgan fingerprint density at radius 1 is 1.39 bits per heavy atom. The van der Waals surface area contributed by atoms with Gasteiger partial charge in [0.05, 0.1) is 11.8 Å². The minimum atomic E-state index is -4.52. The van der Waals surface area contributed by atoms with Crippen molar-refractivity contribution < 1.29 is 18.0 Å². The van der Waals surface area contributed by atoms with Crippen LogP contribution in [0.3, 0.4) is 0 Å². The number of rotatable bonds is 2. The zero-order valence-electron chi connectivity index (χ0n) is 9.27. The van der Waals surface area contributed by atoms with Gasteiger partial charge in [-0.05, 0) is 19.1 Å². The molecular formula is C11H8F3N3O. The molecule has 2 aromatic heterocycles. The van der Waals surface area contributed by atoms with E-state index in [1.54, 1.807) is 0 Å². The summed E-state index contributed by atoms with van der Waals surface area (Å²) in [6, 6.07) is 2.11. The van der Waals surface area contributed by atoms with Crippen molar-refractivity contribution in [2.45, 2.75) is 13.1 Å². The molecule has 0 N–H and O–H groups in total. The number of ketones is 1. The van der Waals surface area contributed by atoms with E-state index in [1.807, 2.05) is 0 Å². The minimum absolute atomic E-state index is 0.230. The average Bonchev–Trinajstić information content (AvgIpc) is 2.77. The van der Waals surface area contributed by atoms with Crippen LogP contribution in [0.2, 0.25) is 0 Å². The first-order chi connectivity index (χ1) is 8.39. The Balaban J connectivity index is 2.53. The summed E-state index contributed by atoms with van der Waals surface area (Å²) in [6.07, 6.45) is -0.858. The second-order valence-corrected chi connectivity index (χ2v) is 3.60. The molecule has 0 amide bonds. The molecule has 94 valence electrons. The molecule has 0 radical (unpaired) electrons. The van der Waals surface area contributed by atoms with E-state index in [0.717, 1.165) is 10.7 Å². The summed E-state index contributed by atoms with van der Waals surface area (Å²) in [5.74, 6) is -0.622. The predicted octanol–water partition coefficient (Wildman–Crippen LogP) is 2.49. The van der Waals surface area contributed by atoms with Crippen LogP contribution < -0.4 is 0 Å². The Labute approximate surface area is 100 Å². The standard InChI is InChI=1S/C11H8F3N3O/c1-7(18)8-5-16-17(6-8)10-9(11(12,13)14)3-2-4-15-10/h2-6H,1H3. The van der Waals surface area contributed by atoms with Gasteiger partial charge in [0.1, 0.15) is 5.56 Å². The predicted molar refractivity (Wildman–Crippen MR) is 56.4 cm³/mol. The molecule has 7 heteroatoms. The fourth-order valence-corrected chi connectivity index (χ4v) is 1.42. The molecule has 0 spiro atoms. The van der Waals surface area contributed by atoms with Crippen molar-refractivity contribution in [2.24, 2.45) is 0 Å². The molecule has 0 aliphatic rings. The number of hydrogen-bond acceptors (Lipinski definition) is 3. The van der Waals surface area contributed by atoms with Crippen LogP contribution in [-0.4, -0.2) is 20.5 Å². The summed E-state index contributed by atoms with van der Waals surface area (Å²) in [6.45, 7) is 1.31. The number of halogens is 3. The van der Waals surface area contributed by atoms with E-state index in [1.165, 1.54) is 31.6 Å². The van der Waals surface area contributed by atoms with Gasteiger partial charge in [0.15, 0.2) is 11.6 Å². The van der Waals surface area contributed by atoms with Crippen molar-refractivity contribution in [3.8, 4) is 5.82 Å². The SMILES string of the molecule is CC(=O)c1cnn(-c2ncccc2C(F)(F)F)c1. The number of aromatic nitrogens is 3. The van der Waals surface area contributed by atoms with Gasteiger partial charge in [-0.15, -0.1) is 0 Å². The van der Waals surface area contributed by atoms with E-state index in [2.05, 4.69) is 10.1 Å². The molecule has 2 rings (SSSR count). The molecule has 4 nitrogen and oxygen atoms in total. The lowest BCUT2D eigenvalue weighted by Crippen LogP contribution is -2.12. The number of hydrogen-bond donors (Lipinski definition) is 0. The van der Waals surface area contributed by atoms with Crippen LogP contribution in [0.25, 0.3) is 5.82 Å². The highest BCUT2D eigenvalue weighted by Crippen LogP contribution is 2.32. The molecule has 0 aliphatic heterocycles. The number of Topliss-reactive ketones (excluding diaryl/α,β-unsaturated/α-hetero) is 1. The van der Waals surface area contributed by atoms with Crippen molar-refractivity contribution in [3.63, 3.8) is 0 Å². The maximum Gasteiger partial charge on any atom is 0.420 e. The van der Waals surface area contributed by atoms with Crippen LogP contribution in [0.4, 0.5) is 13.2 Å². The summed E-state index contributed by atoms with van der Waals surface area (Å²) in [5, 5.41) is 3.72. The van der Waals surface area contributed by atoms with Gasteiger partial charge in [0.25, 0.3) is 0 Å². The molecule has 0 atom stereocenters. The number of alkyl halides is 3. The van der Waals surface area contributed by atoms with Crippen LogP contribution in [0, 0.1) is 0 Å². The lowest BCUT2D eigenvalue weighted by atomic mass is 10.2. The maximum atomic E-state index is 12.8. The zero-order valence-corrected chi connectivity index (χ0v) is 9.27. The zero-order chi connectivity index (χ0) is 13.3. The second-order valence-electron chi connectivity index (χ2n) is 3.60. The van der Waals surface area contributed by atoms with Crippen molar-refractivity contribution in [1.82, 2.24) is 14.8 Å². The van der Waals surface area contributed by atoms with Crippen LogP contribution in [0.1, 0.15) is 22.8 Å². The van der Waals surface area contributed by atoms with Crippen LogP contribution in [0.5, 0.6) is 0 Å². The molecule has 0 saturated carbocycles. The van der Waals surface area contributed by atoms with E-state index in [9.17, 15) is 18.0 Å². The van der Waals surface area contributed by atoms with Gasteiger partial charge in [-0.25, -0.2) is 9.67 Å². The normalized spacial score (nSPS) is 11.6. The second kappa shape index (κ2) is 4.25. The molecule has 0 bridgehead atoms. The van der Waals surface area contributed by atoms with Crippen molar-refractivity contribution >= 4 is 5.78 Å². The highest BCUT2D eigenvalue weighted by atomic mass is 19.4. The van der Waals surface area contributed by atoms with E-state index >= 15 is 0 Å². The summed E-state index contributed by atoms with van der Waals surface area (Å²) in [5.41, 5.74) is -0.669. The van der Waals surface area contributed by atoms with Gasteiger partial charge < -0.3 is 0 Å². The van der Waals surface area contributed by atoms with E-state index in [0.29, 0.717) is 0 Å². The summed E-state index contributed by atoms with van der Waals surface area (Å²) in [7, 11) is 0. The molecular weight excluding hydrogens is 247 g/mol. The largest absolute Gasteiger partial charge is 0.420 e. The summed E-state index contributed by atoms with van der Waals surface area (Å²) < 4.78 is 39.2. The Morgan fingerprint density at radius 3 is 2.67 bits per heavy atom. The molecule has 0 unspecified atom stereocenters.